The van der Waals surface area contributed by atoms with Crippen molar-refractivity contribution in [1.29, 1.82) is 0 Å². The topological polar surface area (TPSA) is 21.3 Å². The predicted octanol–water partition coefficient (Wildman–Crippen LogP) is 2.86. The Morgan fingerprint density at radius 2 is 2.12 bits per heavy atom. The molecule has 1 aliphatic rings. The first-order valence-corrected chi connectivity index (χ1v) is 5.92. The molecule has 1 fully saturated rings. The van der Waals surface area contributed by atoms with Crippen LogP contribution in [0, 0.1) is 11.7 Å². The highest BCUT2D eigenvalue weighted by atomic mass is 35.5. The summed E-state index contributed by atoms with van der Waals surface area (Å²) in [6.45, 7) is 2.63. The standard InChI is InChI=1S/C12H15ClFNO/c13-10-1-2-12(11(14)7-10)16-8-9-3-5-15-6-4-9/h1-2,7,9,15H,3-6,8H2. The van der Waals surface area contributed by atoms with E-state index in [0.29, 0.717) is 23.3 Å². The lowest BCUT2D eigenvalue weighted by atomic mass is 9.99. The lowest BCUT2D eigenvalue weighted by molar-refractivity contribution is 0.208. The molecule has 1 saturated heterocycles. The van der Waals surface area contributed by atoms with Crippen molar-refractivity contribution in [2.75, 3.05) is 19.7 Å². The molecule has 2 rings (SSSR count). The molecule has 0 saturated carbocycles. The van der Waals surface area contributed by atoms with Gasteiger partial charge in [0.05, 0.1) is 6.61 Å². The van der Waals surface area contributed by atoms with Crippen LogP contribution in [0.3, 0.4) is 0 Å². The Kier molecular flexibility index (Phi) is 4.02. The van der Waals surface area contributed by atoms with E-state index >= 15 is 0 Å². The molecular formula is C12H15ClFNO. The number of hydrogen-bond acceptors (Lipinski definition) is 2. The van der Waals surface area contributed by atoms with Crippen LogP contribution in [0.4, 0.5) is 4.39 Å². The van der Waals surface area contributed by atoms with E-state index in [4.69, 9.17) is 16.3 Å². The lowest BCUT2D eigenvalue weighted by Gasteiger charge is -2.22. The maximum Gasteiger partial charge on any atom is 0.166 e. The van der Waals surface area contributed by atoms with Crippen LogP contribution in [0.1, 0.15) is 12.8 Å². The van der Waals surface area contributed by atoms with Crippen molar-refractivity contribution in [1.82, 2.24) is 5.32 Å². The molecule has 88 valence electrons. The van der Waals surface area contributed by atoms with Gasteiger partial charge in [0.1, 0.15) is 0 Å². The molecule has 16 heavy (non-hydrogen) atoms. The Morgan fingerprint density at radius 1 is 1.38 bits per heavy atom. The number of ether oxygens (including phenoxy) is 1. The van der Waals surface area contributed by atoms with E-state index in [1.54, 1.807) is 12.1 Å². The van der Waals surface area contributed by atoms with Gasteiger partial charge in [-0.15, -0.1) is 0 Å². The summed E-state index contributed by atoms with van der Waals surface area (Å²) in [7, 11) is 0. The zero-order chi connectivity index (χ0) is 11.4. The zero-order valence-corrected chi connectivity index (χ0v) is 9.77. The fourth-order valence-electron chi connectivity index (χ4n) is 1.85. The molecule has 1 aromatic carbocycles. The van der Waals surface area contributed by atoms with Crippen LogP contribution in [-0.2, 0) is 0 Å². The fourth-order valence-corrected chi connectivity index (χ4v) is 2.01. The average molecular weight is 244 g/mol. The van der Waals surface area contributed by atoms with Crippen molar-refractivity contribution in [3.8, 4) is 5.75 Å². The first kappa shape index (κ1) is 11.7. The SMILES string of the molecule is Fc1cc(Cl)ccc1OCC1CCNCC1. The first-order valence-electron chi connectivity index (χ1n) is 5.54. The van der Waals surface area contributed by atoms with Crippen molar-refractivity contribution in [3.05, 3.63) is 29.0 Å². The minimum Gasteiger partial charge on any atom is -0.490 e. The van der Waals surface area contributed by atoms with Crippen LogP contribution in [0.25, 0.3) is 0 Å². The molecule has 1 heterocycles. The van der Waals surface area contributed by atoms with Crippen LogP contribution in [0.15, 0.2) is 18.2 Å². The highest BCUT2D eigenvalue weighted by Gasteiger charge is 2.14. The zero-order valence-electron chi connectivity index (χ0n) is 9.01. The molecule has 0 aromatic heterocycles. The van der Waals surface area contributed by atoms with E-state index in [-0.39, 0.29) is 5.82 Å². The van der Waals surface area contributed by atoms with Gasteiger partial charge >= 0.3 is 0 Å². The highest BCUT2D eigenvalue weighted by Crippen LogP contribution is 2.22. The monoisotopic (exact) mass is 243 g/mol. The van der Waals surface area contributed by atoms with Gasteiger partial charge in [-0.2, -0.15) is 0 Å². The first-order chi connectivity index (χ1) is 7.75. The summed E-state index contributed by atoms with van der Waals surface area (Å²) in [5.74, 6) is 0.431. The molecule has 1 aliphatic heterocycles. The van der Waals surface area contributed by atoms with E-state index in [9.17, 15) is 4.39 Å². The third kappa shape index (κ3) is 3.09. The van der Waals surface area contributed by atoms with E-state index in [1.165, 1.54) is 6.07 Å². The average Bonchev–Trinajstić information content (AvgIpc) is 2.29. The van der Waals surface area contributed by atoms with Gasteiger partial charge in [0.15, 0.2) is 11.6 Å². The number of rotatable bonds is 3. The Hall–Kier alpha value is -0.800. The summed E-state index contributed by atoms with van der Waals surface area (Å²) in [6.07, 6.45) is 2.18. The minimum atomic E-state index is -0.388. The quantitative estimate of drug-likeness (QED) is 0.882. The van der Waals surface area contributed by atoms with Gasteiger partial charge < -0.3 is 10.1 Å². The molecule has 0 aliphatic carbocycles. The van der Waals surface area contributed by atoms with Gasteiger partial charge in [-0.3, -0.25) is 0 Å². The van der Waals surface area contributed by atoms with Crippen LogP contribution >= 0.6 is 11.6 Å². The van der Waals surface area contributed by atoms with Gasteiger partial charge in [-0.05, 0) is 50.0 Å². The summed E-state index contributed by atoms with van der Waals surface area (Å²) in [5.41, 5.74) is 0. The molecule has 0 atom stereocenters. The smallest absolute Gasteiger partial charge is 0.166 e. The second-order valence-electron chi connectivity index (χ2n) is 4.08. The Balaban J connectivity index is 1.88. The second kappa shape index (κ2) is 5.51. The number of benzene rings is 1. The fraction of sp³-hybridized carbons (Fsp3) is 0.500. The highest BCUT2D eigenvalue weighted by molar-refractivity contribution is 6.30. The molecule has 0 unspecified atom stereocenters. The minimum absolute atomic E-state index is 0.294. The molecular weight excluding hydrogens is 229 g/mol. The second-order valence-corrected chi connectivity index (χ2v) is 4.52. The van der Waals surface area contributed by atoms with Crippen LogP contribution in [-0.4, -0.2) is 19.7 Å². The molecule has 4 heteroatoms. The molecule has 1 N–H and O–H groups in total. The molecule has 2 nitrogen and oxygen atoms in total. The third-order valence-electron chi connectivity index (χ3n) is 2.83. The van der Waals surface area contributed by atoms with Crippen LogP contribution in [0.2, 0.25) is 5.02 Å². The summed E-state index contributed by atoms with van der Waals surface area (Å²) in [5, 5.41) is 3.68. The number of halogens is 2. The number of nitrogens with one attached hydrogen (secondary N) is 1. The van der Waals surface area contributed by atoms with Crippen molar-refractivity contribution < 1.29 is 9.13 Å². The summed E-state index contributed by atoms with van der Waals surface area (Å²) in [6, 6.07) is 4.50. The van der Waals surface area contributed by atoms with Gasteiger partial charge in [-0.25, -0.2) is 4.39 Å². The summed E-state index contributed by atoms with van der Waals surface area (Å²) >= 11 is 5.66. The number of piperidine rings is 1. The van der Waals surface area contributed by atoms with Gasteiger partial charge in [0.2, 0.25) is 0 Å². The molecule has 0 spiro atoms. The van der Waals surface area contributed by atoms with Crippen molar-refractivity contribution in [2.24, 2.45) is 5.92 Å². The Morgan fingerprint density at radius 3 is 2.81 bits per heavy atom. The van der Waals surface area contributed by atoms with Gasteiger partial charge in [-0.1, -0.05) is 11.6 Å². The third-order valence-corrected chi connectivity index (χ3v) is 3.06. The van der Waals surface area contributed by atoms with Crippen molar-refractivity contribution in [3.63, 3.8) is 0 Å². The van der Waals surface area contributed by atoms with E-state index in [1.807, 2.05) is 0 Å². The van der Waals surface area contributed by atoms with Crippen molar-refractivity contribution in [2.45, 2.75) is 12.8 Å². The molecule has 0 amide bonds. The molecule has 1 aromatic rings. The van der Waals surface area contributed by atoms with Gasteiger partial charge in [0.25, 0.3) is 0 Å². The van der Waals surface area contributed by atoms with Crippen LogP contribution < -0.4 is 10.1 Å². The molecule has 0 bridgehead atoms. The number of hydrogen-bond donors (Lipinski definition) is 1. The van der Waals surface area contributed by atoms with Crippen molar-refractivity contribution >= 4 is 11.6 Å². The summed E-state index contributed by atoms with van der Waals surface area (Å²) in [4.78, 5) is 0. The Bertz CT molecular complexity index is 353. The van der Waals surface area contributed by atoms with Gasteiger partial charge in [0, 0.05) is 5.02 Å². The predicted molar refractivity (Wildman–Crippen MR) is 62.5 cm³/mol. The van der Waals surface area contributed by atoms with E-state index < -0.39 is 0 Å². The normalized spacial score (nSPS) is 17.4. The van der Waals surface area contributed by atoms with E-state index in [0.717, 1.165) is 25.9 Å². The molecule has 0 radical (unpaired) electrons. The Labute approximate surface area is 99.7 Å². The largest absolute Gasteiger partial charge is 0.490 e. The summed E-state index contributed by atoms with van der Waals surface area (Å²) < 4.78 is 18.9. The maximum atomic E-state index is 13.4. The lowest BCUT2D eigenvalue weighted by Crippen LogP contribution is -2.30. The maximum absolute atomic E-state index is 13.4. The van der Waals surface area contributed by atoms with E-state index in [2.05, 4.69) is 5.32 Å². The van der Waals surface area contributed by atoms with Crippen LogP contribution in [0.5, 0.6) is 5.75 Å².